The first-order chi connectivity index (χ1) is 5.70. The molecule has 5 nitrogen and oxygen atoms in total. The van der Waals surface area contributed by atoms with Crippen LogP contribution in [-0.4, -0.2) is 27.1 Å². The van der Waals surface area contributed by atoms with Gasteiger partial charge in [-0.15, -0.1) is 37.2 Å². The van der Waals surface area contributed by atoms with E-state index in [0.717, 1.165) is 5.56 Å². The molecular formula is C7H12Cl3N3O2. The summed E-state index contributed by atoms with van der Waals surface area (Å²) >= 11 is 0. The molecule has 0 aliphatic heterocycles. The van der Waals surface area contributed by atoms with Gasteiger partial charge in [-0.05, 0) is 5.56 Å². The Balaban J connectivity index is -0.000000480. The second-order valence-electron chi connectivity index (χ2n) is 2.40. The summed E-state index contributed by atoms with van der Waals surface area (Å²) in [4.78, 5) is 17.8. The van der Waals surface area contributed by atoms with Crippen molar-refractivity contribution in [3.63, 3.8) is 0 Å². The molecule has 0 fully saturated rings. The van der Waals surface area contributed by atoms with Crippen molar-refractivity contribution in [1.82, 2.24) is 9.97 Å². The van der Waals surface area contributed by atoms with Gasteiger partial charge in [0.05, 0.1) is 0 Å². The van der Waals surface area contributed by atoms with Crippen LogP contribution >= 0.6 is 37.2 Å². The topological polar surface area (TPSA) is 89.1 Å². The van der Waals surface area contributed by atoms with Crippen LogP contribution in [0.4, 0.5) is 0 Å². The highest BCUT2D eigenvalue weighted by atomic mass is 35.5. The van der Waals surface area contributed by atoms with Gasteiger partial charge in [-0.2, -0.15) is 0 Å². The molecule has 0 aliphatic rings. The lowest BCUT2D eigenvalue weighted by Crippen LogP contribution is -2.32. The molecule has 0 unspecified atom stereocenters. The van der Waals surface area contributed by atoms with E-state index in [1.54, 1.807) is 12.4 Å². The normalized spacial score (nSPS) is 9.93. The molecule has 1 rings (SSSR count). The molecule has 0 spiro atoms. The Bertz CT molecular complexity index is 273. The summed E-state index contributed by atoms with van der Waals surface area (Å²) in [7, 11) is 0. The zero-order chi connectivity index (χ0) is 8.97. The van der Waals surface area contributed by atoms with Gasteiger partial charge in [-0.25, -0.2) is 9.97 Å². The molecule has 0 aliphatic carbocycles. The predicted octanol–water partition coefficient (Wildman–Crippen LogP) is 0.696. The summed E-state index contributed by atoms with van der Waals surface area (Å²) in [5.74, 6) is -1.01. The van der Waals surface area contributed by atoms with Crippen molar-refractivity contribution < 1.29 is 9.90 Å². The standard InChI is InChI=1S/C7H9N3O2.3ClH/c8-6(7(11)12)1-5-2-9-4-10-3-5;;;/h2-4,6H,1,8H2,(H,11,12);3*1H/t6-;;;/m0.../s1. The van der Waals surface area contributed by atoms with Crippen molar-refractivity contribution in [1.29, 1.82) is 0 Å². The molecule has 0 amide bonds. The van der Waals surface area contributed by atoms with Crippen LogP contribution in [0, 0.1) is 0 Å². The van der Waals surface area contributed by atoms with Gasteiger partial charge >= 0.3 is 5.97 Å². The third-order valence-electron chi connectivity index (χ3n) is 1.39. The van der Waals surface area contributed by atoms with Crippen LogP contribution in [0.15, 0.2) is 18.7 Å². The maximum atomic E-state index is 10.3. The zero-order valence-corrected chi connectivity index (χ0v) is 10.0. The van der Waals surface area contributed by atoms with Crippen LogP contribution in [-0.2, 0) is 11.2 Å². The fourth-order valence-corrected chi connectivity index (χ4v) is 0.777. The fourth-order valence-electron chi connectivity index (χ4n) is 0.777. The summed E-state index contributed by atoms with van der Waals surface area (Å²) in [6, 6.07) is -0.879. The summed E-state index contributed by atoms with van der Waals surface area (Å²) < 4.78 is 0. The first-order valence-electron chi connectivity index (χ1n) is 3.42. The van der Waals surface area contributed by atoms with Crippen molar-refractivity contribution in [2.45, 2.75) is 12.5 Å². The second kappa shape index (κ2) is 9.92. The average molecular weight is 277 g/mol. The molecule has 1 aromatic rings. The molecule has 1 aromatic heterocycles. The van der Waals surface area contributed by atoms with E-state index in [-0.39, 0.29) is 43.6 Å². The van der Waals surface area contributed by atoms with Crippen LogP contribution in [0.5, 0.6) is 0 Å². The van der Waals surface area contributed by atoms with Crippen molar-refractivity contribution in [2.24, 2.45) is 5.73 Å². The second-order valence-corrected chi connectivity index (χ2v) is 2.40. The Morgan fingerprint density at radius 2 is 1.80 bits per heavy atom. The molecule has 0 bridgehead atoms. The molecule has 0 radical (unpaired) electrons. The van der Waals surface area contributed by atoms with Crippen LogP contribution in [0.2, 0.25) is 0 Å². The average Bonchev–Trinajstić information content (AvgIpc) is 2.06. The number of aromatic nitrogens is 2. The maximum absolute atomic E-state index is 10.3. The fraction of sp³-hybridized carbons (Fsp3) is 0.286. The van der Waals surface area contributed by atoms with E-state index >= 15 is 0 Å². The van der Waals surface area contributed by atoms with Gasteiger partial charge in [0.15, 0.2) is 0 Å². The van der Waals surface area contributed by atoms with Crippen LogP contribution in [0.1, 0.15) is 5.56 Å². The van der Waals surface area contributed by atoms with E-state index in [2.05, 4.69) is 9.97 Å². The van der Waals surface area contributed by atoms with Gasteiger partial charge in [-0.1, -0.05) is 0 Å². The first-order valence-corrected chi connectivity index (χ1v) is 3.42. The smallest absolute Gasteiger partial charge is 0.320 e. The van der Waals surface area contributed by atoms with Crippen molar-refractivity contribution >= 4 is 43.2 Å². The largest absolute Gasteiger partial charge is 0.480 e. The number of nitrogens with two attached hydrogens (primary N) is 1. The molecule has 1 atom stereocenters. The summed E-state index contributed by atoms with van der Waals surface area (Å²) in [5.41, 5.74) is 6.02. The summed E-state index contributed by atoms with van der Waals surface area (Å²) in [5, 5.41) is 8.48. The molecule has 8 heteroatoms. The molecule has 0 aromatic carbocycles. The molecule has 0 saturated heterocycles. The van der Waals surface area contributed by atoms with Crippen molar-refractivity contribution in [3.8, 4) is 0 Å². The number of carbonyl (C=O) groups is 1. The van der Waals surface area contributed by atoms with Gasteiger partial charge in [0.2, 0.25) is 0 Å². The van der Waals surface area contributed by atoms with Crippen LogP contribution in [0.25, 0.3) is 0 Å². The van der Waals surface area contributed by atoms with E-state index in [9.17, 15) is 4.79 Å². The van der Waals surface area contributed by atoms with Gasteiger partial charge < -0.3 is 10.8 Å². The number of carboxylic acids is 1. The minimum atomic E-state index is -1.01. The zero-order valence-electron chi connectivity index (χ0n) is 7.57. The van der Waals surface area contributed by atoms with Crippen LogP contribution in [0.3, 0.4) is 0 Å². The monoisotopic (exact) mass is 275 g/mol. The molecule has 88 valence electrons. The van der Waals surface area contributed by atoms with Gasteiger partial charge in [0.25, 0.3) is 0 Å². The van der Waals surface area contributed by atoms with Gasteiger partial charge in [0.1, 0.15) is 12.4 Å². The highest BCUT2D eigenvalue weighted by Gasteiger charge is 2.11. The van der Waals surface area contributed by atoms with E-state index < -0.39 is 12.0 Å². The Morgan fingerprint density at radius 3 is 2.20 bits per heavy atom. The summed E-state index contributed by atoms with van der Waals surface area (Å²) in [6.45, 7) is 0. The third kappa shape index (κ3) is 7.33. The highest BCUT2D eigenvalue weighted by Crippen LogP contribution is 1.97. The predicted molar refractivity (Wildman–Crippen MR) is 63.1 cm³/mol. The van der Waals surface area contributed by atoms with E-state index in [1.165, 1.54) is 6.33 Å². The number of halogens is 3. The lowest BCUT2D eigenvalue weighted by Gasteiger charge is -2.03. The van der Waals surface area contributed by atoms with E-state index in [4.69, 9.17) is 10.8 Å². The number of nitrogens with zero attached hydrogens (tertiary/aromatic N) is 2. The number of rotatable bonds is 3. The number of carboxylic acid groups (broad SMARTS) is 1. The molecule has 15 heavy (non-hydrogen) atoms. The maximum Gasteiger partial charge on any atom is 0.320 e. The lowest BCUT2D eigenvalue weighted by molar-refractivity contribution is -0.138. The number of hydrogen-bond acceptors (Lipinski definition) is 4. The molecule has 1 heterocycles. The molecule has 0 saturated carbocycles. The third-order valence-corrected chi connectivity index (χ3v) is 1.39. The van der Waals surface area contributed by atoms with Gasteiger partial charge in [0, 0.05) is 18.8 Å². The van der Waals surface area contributed by atoms with Gasteiger partial charge in [-0.3, -0.25) is 4.79 Å². The van der Waals surface area contributed by atoms with Crippen molar-refractivity contribution in [3.05, 3.63) is 24.3 Å². The van der Waals surface area contributed by atoms with Crippen molar-refractivity contribution in [2.75, 3.05) is 0 Å². The number of hydrogen-bond donors (Lipinski definition) is 2. The Labute approximate surface area is 106 Å². The van der Waals surface area contributed by atoms with E-state index in [0.29, 0.717) is 0 Å². The lowest BCUT2D eigenvalue weighted by atomic mass is 10.1. The number of aliphatic carboxylic acids is 1. The molecule has 3 N–H and O–H groups in total. The minimum Gasteiger partial charge on any atom is -0.480 e. The minimum absolute atomic E-state index is 0. The highest BCUT2D eigenvalue weighted by molar-refractivity contribution is 5.86. The first kappa shape index (κ1) is 19.9. The summed E-state index contributed by atoms with van der Waals surface area (Å²) in [6.07, 6.45) is 4.75. The Hall–Kier alpha value is -0.620. The van der Waals surface area contributed by atoms with E-state index in [1.807, 2.05) is 0 Å². The Morgan fingerprint density at radius 1 is 1.33 bits per heavy atom. The van der Waals surface area contributed by atoms with Crippen LogP contribution < -0.4 is 5.73 Å². The quantitative estimate of drug-likeness (QED) is 0.848. The SMILES string of the molecule is Cl.Cl.Cl.N[C@@H](Cc1cncnc1)C(=O)O. The Kier molecular flexibility index (Phi) is 13.1. The molecular weight excluding hydrogens is 264 g/mol.